The lowest BCUT2D eigenvalue weighted by Gasteiger charge is -2.18. The Hall–Kier alpha value is -1.67. The molecule has 8 heteroatoms. The van der Waals surface area contributed by atoms with Crippen molar-refractivity contribution in [3.05, 3.63) is 32.5 Å². The number of rotatable bonds is 4. The van der Waals surface area contributed by atoms with Crippen molar-refractivity contribution in [2.24, 2.45) is 0 Å². The average Bonchev–Trinajstić information content (AvgIpc) is 3.39. The largest absolute Gasteiger partial charge is 0.338 e. The molecule has 0 aliphatic heterocycles. The van der Waals surface area contributed by atoms with Crippen molar-refractivity contribution >= 4 is 33.3 Å². The molecule has 5 rings (SSSR count). The zero-order valence-corrected chi connectivity index (χ0v) is 17.0. The first-order valence-corrected chi connectivity index (χ1v) is 11.5. The van der Waals surface area contributed by atoms with E-state index in [1.165, 1.54) is 47.9 Å². The van der Waals surface area contributed by atoms with Crippen LogP contribution in [-0.4, -0.2) is 19.7 Å². The molecule has 3 aromatic rings. The van der Waals surface area contributed by atoms with E-state index in [4.69, 9.17) is 9.51 Å². The normalized spacial score (nSPS) is 17.7. The van der Waals surface area contributed by atoms with Crippen molar-refractivity contribution in [1.29, 1.82) is 0 Å². The van der Waals surface area contributed by atoms with Crippen molar-refractivity contribution in [2.75, 3.05) is 0 Å². The summed E-state index contributed by atoms with van der Waals surface area (Å²) in [5.74, 6) is 1.75. The maximum Gasteiger partial charge on any atom is 0.263 e. The van der Waals surface area contributed by atoms with Gasteiger partial charge in [0, 0.05) is 10.9 Å². The van der Waals surface area contributed by atoms with E-state index in [0.29, 0.717) is 17.5 Å². The second-order valence-electron chi connectivity index (χ2n) is 7.42. The Morgan fingerprint density at radius 1 is 1.19 bits per heavy atom. The summed E-state index contributed by atoms with van der Waals surface area (Å²) in [6.07, 6.45) is 8.99. The van der Waals surface area contributed by atoms with Crippen LogP contribution in [0.3, 0.4) is 0 Å². The Bertz CT molecular complexity index is 1050. The quantitative estimate of drug-likeness (QED) is 0.475. The lowest BCUT2D eigenvalue weighted by atomic mass is 9.97. The molecule has 6 nitrogen and oxygen atoms in total. The number of thioether (sulfide) groups is 1. The molecule has 2 aliphatic rings. The second kappa shape index (κ2) is 7.05. The van der Waals surface area contributed by atoms with Crippen molar-refractivity contribution < 1.29 is 4.52 Å². The summed E-state index contributed by atoms with van der Waals surface area (Å²) in [5.41, 5.74) is 1.44. The molecule has 0 saturated heterocycles. The Labute approximate surface area is 165 Å². The standard InChI is InChI=1S/C19H22N4O2S2/c1-11-20-15(25-22-11)10-26-19-21-17-16(13-8-4-5-9-14(13)27-17)18(24)23(19)12-6-2-3-7-12/h12H,2-10H2,1H3. The molecular weight excluding hydrogens is 380 g/mol. The fourth-order valence-corrected chi connectivity index (χ4v) is 6.52. The van der Waals surface area contributed by atoms with Crippen LogP contribution in [0.4, 0.5) is 0 Å². The summed E-state index contributed by atoms with van der Waals surface area (Å²) < 4.78 is 7.22. The zero-order chi connectivity index (χ0) is 18.4. The number of thiophene rings is 1. The first-order chi connectivity index (χ1) is 13.2. The predicted molar refractivity (Wildman–Crippen MR) is 107 cm³/mol. The first kappa shape index (κ1) is 17.4. The van der Waals surface area contributed by atoms with Crippen molar-refractivity contribution in [1.82, 2.24) is 19.7 Å². The smallest absolute Gasteiger partial charge is 0.263 e. The van der Waals surface area contributed by atoms with E-state index in [0.717, 1.165) is 41.1 Å². The molecule has 3 aromatic heterocycles. The summed E-state index contributed by atoms with van der Waals surface area (Å²) in [7, 11) is 0. The van der Waals surface area contributed by atoms with E-state index < -0.39 is 0 Å². The number of hydrogen-bond donors (Lipinski definition) is 0. The van der Waals surface area contributed by atoms with Crippen molar-refractivity contribution in [2.45, 2.75) is 75.2 Å². The summed E-state index contributed by atoms with van der Waals surface area (Å²) in [5, 5.41) is 5.54. The fourth-order valence-electron chi connectivity index (χ4n) is 4.31. The molecule has 0 N–H and O–H groups in total. The van der Waals surface area contributed by atoms with E-state index in [2.05, 4.69) is 10.1 Å². The van der Waals surface area contributed by atoms with Gasteiger partial charge in [0.1, 0.15) is 4.83 Å². The molecule has 142 valence electrons. The van der Waals surface area contributed by atoms with Gasteiger partial charge in [0.15, 0.2) is 11.0 Å². The summed E-state index contributed by atoms with van der Waals surface area (Å²) in [4.78, 5) is 25.1. The van der Waals surface area contributed by atoms with Gasteiger partial charge in [-0.15, -0.1) is 11.3 Å². The third kappa shape index (κ3) is 3.12. The molecule has 2 aliphatic carbocycles. The van der Waals surface area contributed by atoms with Gasteiger partial charge in [-0.3, -0.25) is 9.36 Å². The highest BCUT2D eigenvalue weighted by molar-refractivity contribution is 7.98. The van der Waals surface area contributed by atoms with Crippen LogP contribution in [0.2, 0.25) is 0 Å². The zero-order valence-electron chi connectivity index (χ0n) is 15.4. The van der Waals surface area contributed by atoms with Crippen LogP contribution < -0.4 is 5.56 Å². The summed E-state index contributed by atoms with van der Waals surface area (Å²) in [6, 6.07) is 0.264. The van der Waals surface area contributed by atoms with Gasteiger partial charge < -0.3 is 4.52 Å². The fraction of sp³-hybridized carbons (Fsp3) is 0.579. The third-order valence-electron chi connectivity index (χ3n) is 5.57. The van der Waals surface area contributed by atoms with Crippen LogP contribution in [0, 0.1) is 6.92 Å². The monoisotopic (exact) mass is 402 g/mol. The minimum atomic E-state index is 0.163. The summed E-state index contributed by atoms with van der Waals surface area (Å²) in [6.45, 7) is 1.81. The van der Waals surface area contributed by atoms with Gasteiger partial charge in [-0.1, -0.05) is 29.8 Å². The molecule has 0 atom stereocenters. The minimum absolute atomic E-state index is 0.163. The van der Waals surface area contributed by atoms with Crippen LogP contribution >= 0.6 is 23.1 Å². The molecule has 0 bridgehead atoms. The van der Waals surface area contributed by atoms with Crippen LogP contribution in [-0.2, 0) is 18.6 Å². The highest BCUT2D eigenvalue weighted by Crippen LogP contribution is 2.37. The highest BCUT2D eigenvalue weighted by atomic mass is 32.2. The molecule has 0 radical (unpaired) electrons. The van der Waals surface area contributed by atoms with Gasteiger partial charge in [-0.2, -0.15) is 4.98 Å². The number of hydrogen-bond acceptors (Lipinski definition) is 7. The highest BCUT2D eigenvalue weighted by Gasteiger charge is 2.27. The summed E-state index contributed by atoms with van der Waals surface area (Å²) >= 11 is 3.25. The Balaban J connectivity index is 1.61. The molecule has 0 amide bonds. The number of nitrogens with zero attached hydrogens (tertiary/aromatic N) is 4. The lowest BCUT2D eigenvalue weighted by Crippen LogP contribution is -2.26. The van der Waals surface area contributed by atoms with Crippen LogP contribution in [0.5, 0.6) is 0 Å². The van der Waals surface area contributed by atoms with E-state index in [1.807, 2.05) is 11.5 Å². The number of fused-ring (bicyclic) bond motifs is 3. The van der Waals surface area contributed by atoms with E-state index in [1.54, 1.807) is 11.3 Å². The van der Waals surface area contributed by atoms with Gasteiger partial charge in [-0.25, -0.2) is 4.98 Å². The third-order valence-corrected chi connectivity index (χ3v) is 7.70. The van der Waals surface area contributed by atoms with Gasteiger partial charge in [0.05, 0.1) is 11.1 Å². The second-order valence-corrected chi connectivity index (χ2v) is 9.45. The van der Waals surface area contributed by atoms with Crippen LogP contribution in [0.1, 0.15) is 66.7 Å². The molecule has 3 heterocycles. The van der Waals surface area contributed by atoms with Crippen molar-refractivity contribution in [3.63, 3.8) is 0 Å². The van der Waals surface area contributed by atoms with Gasteiger partial charge in [0.25, 0.3) is 5.56 Å². The number of aryl methyl sites for hydroxylation is 3. The van der Waals surface area contributed by atoms with Crippen LogP contribution in [0.25, 0.3) is 10.2 Å². The molecule has 0 spiro atoms. The molecule has 0 aromatic carbocycles. The SMILES string of the molecule is Cc1noc(CSc2nc3sc4c(c3c(=O)n2C2CCCC2)CCCC4)n1. The molecule has 1 saturated carbocycles. The maximum atomic E-state index is 13.5. The van der Waals surface area contributed by atoms with Gasteiger partial charge >= 0.3 is 0 Å². The Morgan fingerprint density at radius 2 is 2.00 bits per heavy atom. The molecular formula is C19H22N4O2S2. The predicted octanol–water partition coefficient (Wildman–Crippen LogP) is 4.44. The van der Waals surface area contributed by atoms with E-state index in [-0.39, 0.29) is 11.6 Å². The van der Waals surface area contributed by atoms with Crippen molar-refractivity contribution in [3.8, 4) is 0 Å². The number of aromatic nitrogens is 4. The first-order valence-electron chi connectivity index (χ1n) is 9.69. The Kier molecular flexibility index (Phi) is 4.55. The maximum absolute atomic E-state index is 13.5. The average molecular weight is 403 g/mol. The molecule has 0 unspecified atom stereocenters. The van der Waals surface area contributed by atoms with Crippen LogP contribution in [0.15, 0.2) is 14.5 Å². The molecule has 27 heavy (non-hydrogen) atoms. The van der Waals surface area contributed by atoms with Gasteiger partial charge in [0.2, 0.25) is 5.89 Å². The Morgan fingerprint density at radius 3 is 2.78 bits per heavy atom. The van der Waals surface area contributed by atoms with Gasteiger partial charge in [-0.05, 0) is 51.0 Å². The topological polar surface area (TPSA) is 73.8 Å². The minimum Gasteiger partial charge on any atom is -0.338 e. The lowest BCUT2D eigenvalue weighted by molar-refractivity contribution is 0.386. The van der Waals surface area contributed by atoms with E-state index in [9.17, 15) is 4.79 Å². The molecule has 1 fully saturated rings. The van der Waals surface area contributed by atoms with E-state index >= 15 is 0 Å².